The van der Waals surface area contributed by atoms with E-state index < -0.39 is 34.0 Å². The molecule has 1 saturated carbocycles. The minimum absolute atomic E-state index is 0.0872. The molecule has 0 saturated heterocycles. The number of rotatable bonds is 1. The molecule has 4 aliphatic rings. The Morgan fingerprint density at radius 1 is 1.00 bits per heavy atom. The summed E-state index contributed by atoms with van der Waals surface area (Å²) in [5.41, 5.74) is -2.01. The molecule has 2 aliphatic carbocycles. The minimum Gasteiger partial charge on any atom is -0.245 e. The van der Waals surface area contributed by atoms with Crippen molar-refractivity contribution in [2.24, 2.45) is 5.92 Å². The van der Waals surface area contributed by atoms with Crippen molar-refractivity contribution in [3.8, 4) is 5.69 Å². The van der Waals surface area contributed by atoms with Gasteiger partial charge >= 0.3 is 11.4 Å². The third kappa shape index (κ3) is 1.46. The standard InChI is InChI=1S/C16H12Br2FN3O2/c17-12-11-9-6-7-10(16(11,19)13(12)18)22-15(24)20(14(23)21(9)22)8-4-2-1-3-5-8/h1-7,9-13H/t9-,10+,11-,12+,13+,16-/m0/s1. The molecule has 5 nitrogen and oxygen atoms in total. The van der Waals surface area contributed by atoms with Crippen molar-refractivity contribution in [1.82, 2.24) is 13.9 Å². The smallest absolute Gasteiger partial charge is 0.245 e. The minimum atomic E-state index is -1.58. The second kappa shape index (κ2) is 4.60. The Balaban J connectivity index is 1.81. The first-order valence-corrected chi connectivity index (χ1v) is 9.48. The van der Waals surface area contributed by atoms with Gasteiger partial charge in [-0.1, -0.05) is 62.2 Å². The highest BCUT2D eigenvalue weighted by atomic mass is 79.9. The molecule has 1 fully saturated rings. The van der Waals surface area contributed by atoms with Gasteiger partial charge in [-0.25, -0.2) is 27.9 Å². The predicted octanol–water partition coefficient (Wildman–Crippen LogP) is 2.33. The Bertz CT molecular complexity index is 995. The molecule has 6 rings (SSSR count). The molecule has 24 heavy (non-hydrogen) atoms. The normalized spacial score (nSPS) is 38.5. The monoisotopic (exact) mass is 455 g/mol. The van der Waals surface area contributed by atoms with Gasteiger partial charge in [0.25, 0.3) is 0 Å². The molecule has 3 heterocycles. The molecule has 1 aromatic carbocycles. The highest BCUT2D eigenvalue weighted by molar-refractivity contribution is 9.12. The van der Waals surface area contributed by atoms with Gasteiger partial charge in [-0.2, -0.15) is 0 Å². The predicted molar refractivity (Wildman–Crippen MR) is 94.3 cm³/mol. The van der Waals surface area contributed by atoms with Crippen LogP contribution in [-0.2, 0) is 0 Å². The van der Waals surface area contributed by atoms with Crippen molar-refractivity contribution < 1.29 is 4.39 Å². The first kappa shape index (κ1) is 14.9. The summed E-state index contributed by atoms with van der Waals surface area (Å²) in [6, 6.07) is 7.49. The van der Waals surface area contributed by atoms with Crippen LogP contribution in [0.15, 0.2) is 52.1 Å². The largest absolute Gasteiger partial charge is 0.352 e. The van der Waals surface area contributed by atoms with Gasteiger partial charge in [0, 0.05) is 10.7 Å². The summed E-state index contributed by atoms with van der Waals surface area (Å²) in [5, 5.41) is 0. The van der Waals surface area contributed by atoms with Crippen LogP contribution in [0.1, 0.15) is 12.1 Å². The van der Waals surface area contributed by atoms with Crippen molar-refractivity contribution in [2.75, 3.05) is 0 Å². The topological polar surface area (TPSA) is 48.9 Å². The first-order chi connectivity index (χ1) is 11.5. The van der Waals surface area contributed by atoms with Gasteiger partial charge in [0.05, 0.1) is 16.6 Å². The van der Waals surface area contributed by atoms with Crippen molar-refractivity contribution in [3.63, 3.8) is 0 Å². The number of halogens is 3. The number of alkyl halides is 3. The molecule has 2 bridgehead atoms. The summed E-state index contributed by atoms with van der Waals surface area (Å²) in [5.74, 6) is -0.374. The van der Waals surface area contributed by atoms with Gasteiger partial charge in [-0.15, -0.1) is 0 Å². The van der Waals surface area contributed by atoms with Crippen LogP contribution in [0.25, 0.3) is 5.69 Å². The molecule has 0 N–H and O–H groups in total. The summed E-state index contributed by atoms with van der Waals surface area (Å²) in [4.78, 5) is 25.3. The van der Waals surface area contributed by atoms with E-state index in [1.54, 1.807) is 30.3 Å². The highest BCUT2D eigenvalue weighted by Crippen LogP contribution is 2.64. The van der Waals surface area contributed by atoms with Gasteiger partial charge in [0.1, 0.15) is 6.04 Å². The van der Waals surface area contributed by atoms with Crippen LogP contribution in [0, 0.1) is 5.92 Å². The zero-order valence-corrected chi connectivity index (χ0v) is 15.4. The van der Waals surface area contributed by atoms with Crippen LogP contribution in [0.4, 0.5) is 4.39 Å². The van der Waals surface area contributed by atoms with Crippen LogP contribution in [0.5, 0.6) is 0 Å². The second-order valence-electron chi connectivity index (χ2n) is 6.44. The Hall–Kier alpha value is -1.41. The maximum Gasteiger partial charge on any atom is 0.352 e. The third-order valence-corrected chi connectivity index (χ3v) is 8.51. The van der Waals surface area contributed by atoms with Crippen molar-refractivity contribution >= 4 is 31.9 Å². The van der Waals surface area contributed by atoms with Gasteiger partial charge in [-0.05, 0) is 12.1 Å². The zero-order chi connectivity index (χ0) is 16.8. The van der Waals surface area contributed by atoms with Crippen LogP contribution in [0.2, 0.25) is 0 Å². The molecule has 124 valence electrons. The average Bonchev–Trinajstić information content (AvgIpc) is 2.88. The molecular weight excluding hydrogens is 445 g/mol. The molecule has 0 amide bonds. The molecule has 2 aromatic rings. The van der Waals surface area contributed by atoms with E-state index in [4.69, 9.17) is 0 Å². The molecular formula is C16H12Br2FN3O2. The highest BCUT2D eigenvalue weighted by Gasteiger charge is 2.72. The second-order valence-corrected chi connectivity index (χ2v) is 8.49. The van der Waals surface area contributed by atoms with E-state index in [1.807, 2.05) is 12.1 Å². The Kier molecular flexibility index (Phi) is 2.86. The van der Waals surface area contributed by atoms with Gasteiger partial charge in [0.2, 0.25) is 0 Å². The molecule has 0 spiro atoms. The number of hydrogen-bond donors (Lipinski definition) is 0. The van der Waals surface area contributed by atoms with Crippen LogP contribution < -0.4 is 11.4 Å². The van der Waals surface area contributed by atoms with E-state index in [1.165, 1.54) is 9.36 Å². The maximum absolute atomic E-state index is 15.7. The van der Waals surface area contributed by atoms with Gasteiger partial charge < -0.3 is 0 Å². The van der Waals surface area contributed by atoms with Gasteiger partial charge in [-0.3, -0.25) is 0 Å². The van der Waals surface area contributed by atoms with Crippen molar-refractivity contribution in [1.29, 1.82) is 0 Å². The van der Waals surface area contributed by atoms with Crippen molar-refractivity contribution in [2.45, 2.75) is 27.4 Å². The summed E-state index contributed by atoms with van der Waals surface area (Å²) in [6.45, 7) is 0. The molecule has 0 unspecified atom stereocenters. The van der Waals surface area contributed by atoms with Gasteiger partial charge in [0.15, 0.2) is 5.67 Å². The fourth-order valence-electron chi connectivity index (χ4n) is 4.33. The van der Waals surface area contributed by atoms with E-state index in [-0.39, 0.29) is 10.7 Å². The maximum atomic E-state index is 15.7. The van der Waals surface area contributed by atoms with E-state index in [2.05, 4.69) is 31.9 Å². The molecule has 1 aromatic heterocycles. The summed E-state index contributed by atoms with van der Waals surface area (Å²) >= 11 is 6.93. The lowest BCUT2D eigenvalue weighted by atomic mass is 9.59. The summed E-state index contributed by atoms with van der Waals surface area (Å²) in [7, 11) is 0. The Morgan fingerprint density at radius 2 is 1.67 bits per heavy atom. The van der Waals surface area contributed by atoms with Crippen LogP contribution in [0.3, 0.4) is 0 Å². The quantitative estimate of drug-likeness (QED) is 0.488. The fraction of sp³-hybridized carbons (Fsp3) is 0.375. The average molecular weight is 457 g/mol. The van der Waals surface area contributed by atoms with Crippen molar-refractivity contribution in [3.05, 3.63) is 63.5 Å². The third-order valence-electron chi connectivity index (χ3n) is 5.44. The fourth-order valence-corrected chi connectivity index (χ4v) is 6.36. The number of benzene rings is 1. The van der Waals surface area contributed by atoms with E-state index in [0.29, 0.717) is 5.69 Å². The lowest BCUT2D eigenvalue weighted by molar-refractivity contribution is -0.0929. The van der Waals surface area contributed by atoms with E-state index in [9.17, 15) is 9.59 Å². The SMILES string of the molecule is O=c1n(-c2ccccc2)c(=O)n2n1[C@H]1C=C[C@@H]2[C@]2(F)[C@@H]1[C@@H](Br)[C@H]2Br. The summed E-state index contributed by atoms with van der Waals surface area (Å²) < 4.78 is 19.5. The Morgan fingerprint density at radius 3 is 2.38 bits per heavy atom. The molecule has 2 aliphatic heterocycles. The first-order valence-electron chi connectivity index (χ1n) is 7.64. The number of allylic oxidation sites excluding steroid dienone is 2. The molecule has 0 radical (unpaired) electrons. The summed E-state index contributed by atoms with van der Waals surface area (Å²) in [6.07, 6.45) is 3.56. The number of para-hydroxylation sites is 1. The zero-order valence-electron chi connectivity index (χ0n) is 12.2. The van der Waals surface area contributed by atoms with E-state index >= 15 is 4.39 Å². The Labute approximate surface area is 152 Å². The lowest BCUT2D eigenvalue weighted by Gasteiger charge is -2.61. The molecule has 8 heteroatoms. The number of hydrogen-bond acceptors (Lipinski definition) is 2. The number of nitrogens with zero attached hydrogens (tertiary/aromatic N) is 3. The lowest BCUT2D eigenvalue weighted by Crippen LogP contribution is -2.73. The molecule has 6 atom stereocenters. The van der Waals surface area contributed by atoms with Crippen LogP contribution >= 0.6 is 31.9 Å². The number of aromatic nitrogens is 3. The van der Waals surface area contributed by atoms with E-state index in [0.717, 1.165) is 4.57 Å². The van der Waals surface area contributed by atoms with Crippen LogP contribution in [-0.4, -0.2) is 29.3 Å².